The van der Waals surface area contributed by atoms with Gasteiger partial charge in [0.1, 0.15) is 0 Å². The molecule has 0 fully saturated rings. The fraction of sp³-hybridized carbons (Fsp3) is 0.235. The van der Waals surface area contributed by atoms with Crippen molar-refractivity contribution < 1.29 is 17.2 Å². The van der Waals surface area contributed by atoms with Crippen molar-refractivity contribution in [2.75, 3.05) is 24.6 Å². The van der Waals surface area contributed by atoms with E-state index in [0.717, 1.165) is 15.9 Å². The van der Waals surface area contributed by atoms with E-state index in [1.807, 2.05) is 60.4 Å². The maximum absolute atomic E-state index is 10.6. The third kappa shape index (κ3) is 5.54. The molecule has 0 radical (unpaired) electrons. The molecule has 0 aliphatic rings. The molecule has 1 heterocycles. The lowest BCUT2D eigenvalue weighted by Crippen LogP contribution is -2.27. The molecule has 3 aromatic rings. The Balaban J connectivity index is 1.64. The van der Waals surface area contributed by atoms with E-state index in [1.165, 1.54) is 11.3 Å². The molecule has 1 N–H and O–H groups in total. The van der Waals surface area contributed by atoms with Crippen LogP contribution in [0.15, 0.2) is 58.8 Å². The molecule has 10 heteroatoms. The van der Waals surface area contributed by atoms with Crippen LogP contribution < -0.4 is 4.90 Å². The Bertz CT molecular complexity index is 1000. The van der Waals surface area contributed by atoms with Crippen molar-refractivity contribution in [1.82, 2.24) is 4.98 Å². The molecule has 3 rings (SSSR count). The zero-order valence-corrected chi connectivity index (χ0v) is 16.2. The molecule has 0 unspecified atom stereocenters. The molecule has 27 heavy (non-hydrogen) atoms. The lowest BCUT2D eigenvalue weighted by atomic mass is 10.2. The highest BCUT2D eigenvalue weighted by atomic mass is 32.3. The molecule has 2 aromatic carbocycles. The van der Waals surface area contributed by atoms with Crippen LogP contribution in [0.25, 0.3) is 10.2 Å². The quantitative estimate of drug-likeness (QED) is 0.440. The Morgan fingerprint density at radius 1 is 1.15 bits per heavy atom. The molecule has 0 saturated heterocycles. The highest BCUT2D eigenvalue weighted by Crippen LogP contribution is 2.29. The predicted octanol–water partition coefficient (Wildman–Crippen LogP) is 4.36. The van der Waals surface area contributed by atoms with Gasteiger partial charge < -0.3 is 4.90 Å². The van der Waals surface area contributed by atoms with E-state index < -0.39 is 10.4 Å². The summed E-state index contributed by atoms with van der Waals surface area (Å²) < 4.78 is 35.3. The van der Waals surface area contributed by atoms with Gasteiger partial charge in [0.25, 0.3) is 0 Å². The first-order valence-electron chi connectivity index (χ1n) is 8.19. The van der Waals surface area contributed by atoms with Gasteiger partial charge in [0.2, 0.25) is 5.13 Å². The zero-order chi connectivity index (χ0) is 19.3. The van der Waals surface area contributed by atoms with E-state index in [9.17, 15) is 8.42 Å². The topological polar surface area (TPSA) is 104 Å². The number of azo groups is 1. The van der Waals surface area contributed by atoms with Gasteiger partial charge in [0.15, 0.2) is 0 Å². The van der Waals surface area contributed by atoms with Crippen LogP contribution in [-0.4, -0.2) is 37.7 Å². The number of likely N-dealkylation sites (N-methyl/N-ethyl adjacent to an activating group) is 1. The normalized spacial score (nSPS) is 12.1. The van der Waals surface area contributed by atoms with E-state index in [2.05, 4.69) is 19.4 Å². The van der Waals surface area contributed by atoms with Gasteiger partial charge in [-0.1, -0.05) is 23.5 Å². The maximum atomic E-state index is 10.6. The first kappa shape index (κ1) is 19.4. The molecule has 0 saturated carbocycles. The fourth-order valence-electron chi connectivity index (χ4n) is 2.46. The molecule has 8 nitrogen and oxygen atoms in total. The Labute approximate surface area is 161 Å². The van der Waals surface area contributed by atoms with E-state index in [4.69, 9.17) is 4.55 Å². The Kier molecular flexibility index (Phi) is 6.11. The smallest absolute Gasteiger partial charge is 0.369 e. The summed E-state index contributed by atoms with van der Waals surface area (Å²) in [4.78, 5) is 6.32. The first-order valence-corrected chi connectivity index (χ1v) is 10.4. The molecule has 0 bridgehead atoms. The number of rotatable bonds is 8. The molecule has 0 aliphatic heterocycles. The average molecular weight is 406 g/mol. The SMILES string of the molecule is CCN(CCOS(=O)(=O)O)c1ccc(N=Nc2nc3ccccc3s2)cc1. The molecule has 0 aliphatic carbocycles. The number of hydrogen-bond donors (Lipinski definition) is 1. The van der Waals surface area contributed by atoms with Crippen LogP contribution in [-0.2, 0) is 14.6 Å². The summed E-state index contributed by atoms with van der Waals surface area (Å²) in [5.74, 6) is 0. The number of fused-ring (bicyclic) bond motifs is 1. The van der Waals surface area contributed by atoms with Gasteiger partial charge in [-0.2, -0.15) is 8.42 Å². The molecule has 142 valence electrons. The Morgan fingerprint density at radius 3 is 2.56 bits per heavy atom. The Morgan fingerprint density at radius 2 is 1.89 bits per heavy atom. The largest absolute Gasteiger partial charge is 0.397 e. The van der Waals surface area contributed by atoms with E-state index in [0.29, 0.717) is 23.9 Å². The number of hydrogen-bond acceptors (Lipinski definition) is 8. The third-order valence-electron chi connectivity index (χ3n) is 3.72. The van der Waals surface area contributed by atoms with Gasteiger partial charge in [-0.3, -0.25) is 4.55 Å². The van der Waals surface area contributed by atoms with Gasteiger partial charge in [-0.25, -0.2) is 9.17 Å². The number of anilines is 1. The summed E-state index contributed by atoms with van der Waals surface area (Å²) in [6.45, 7) is 2.78. The van der Waals surface area contributed by atoms with E-state index in [1.54, 1.807) is 0 Å². The lowest BCUT2D eigenvalue weighted by Gasteiger charge is -2.22. The number of aromatic nitrogens is 1. The van der Waals surface area contributed by atoms with Gasteiger partial charge in [0.05, 0.1) is 22.5 Å². The minimum atomic E-state index is -4.42. The fourth-order valence-corrected chi connectivity index (χ4v) is 3.53. The van der Waals surface area contributed by atoms with Crippen molar-refractivity contribution in [2.24, 2.45) is 10.2 Å². The van der Waals surface area contributed by atoms with Crippen LogP contribution in [0.4, 0.5) is 16.5 Å². The summed E-state index contributed by atoms with van der Waals surface area (Å²) in [6, 6.07) is 15.2. The lowest BCUT2D eigenvalue weighted by molar-refractivity contribution is 0.274. The minimum absolute atomic E-state index is 0.133. The summed E-state index contributed by atoms with van der Waals surface area (Å²) in [6.07, 6.45) is 0. The molecular formula is C17H18N4O4S2. The molecule has 0 atom stereocenters. The van der Waals surface area contributed by atoms with Crippen LogP contribution in [0.3, 0.4) is 0 Å². The monoisotopic (exact) mass is 406 g/mol. The first-order chi connectivity index (χ1) is 12.9. The number of benzene rings is 2. The average Bonchev–Trinajstić information content (AvgIpc) is 3.06. The van der Waals surface area contributed by atoms with Gasteiger partial charge >= 0.3 is 10.4 Å². The van der Waals surface area contributed by atoms with Crippen LogP contribution in [0, 0.1) is 0 Å². The van der Waals surface area contributed by atoms with Crippen LogP contribution >= 0.6 is 11.3 Å². The maximum Gasteiger partial charge on any atom is 0.397 e. The van der Waals surface area contributed by atoms with Gasteiger partial charge in [0, 0.05) is 18.8 Å². The molecule has 1 aromatic heterocycles. The van der Waals surface area contributed by atoms with E-state index in [-0.39, 0.29) is 6.61 Å². The van der Waals surface area contributed by atoms with Crippen molar-refractivity contribution in [3.63, 3.8) is 0 Å². The van der Waals surface area contributed by atoms with Crippen LogP contribution in [0.2, 0.25) is 0 Å². The second-order valence-electron chi connectivity index (χ2n) is 5.51. The minimum Gasteiger partial charge on any atom is -0.369 e. The van der Waals surface area contributed by atoms with Crippen molar-refractivity contribution in [3.05, 3.63) is 48.5 Å². The number of thiazole rings is 1. The summed E-state index contributed by atoms with van der Waals surface area (Å²) in [5.41, 5.74) is 2.47. The molecule has 0 spiro atoms. The zero-order valence-electron chi connectivity index (χ0n) is 14.5. The van der Waals surface area contributed by atoms with Crippen molar-refractivity contribution in [2.45, 2.75) is 6.92 Å². The second-order valence-corrected chi connectivity index (χ2v) is 7.61. The highest BCUT2D eigenvalue weighted by molar-refractivity contribution is 7.80. The number of para-hydroxylation sites is 1. The van der Waals surface area contributed by atoms with Gasteiger partial charge in [-0.05, 0) is 43.3 Å². The molecule has 0 amide bonds. The van der Waals surface area contributed by atoms with E-state index >= 15 is 0 Å². The summed E-state index contributed by atoms with van der Waals surface area (Å²) in [7, 11) is -4.42. The third-order valence-corrected chi connectivity index (χ3v) is 5.11. The summed E-state index contributed by atoms with van der Waals surface area (Å²) >= 11 is 1.48. The van der Waals surface area contributed by atoms with Crippen LogP contribution in [0.5, 0.6) is 0 Å². The van der Waals surface area contributed by atoms with Crippen molar-refractivity contribution in [1.29, 1.82) is 0 Å². The standard InChI is InChI=1S/C17H18N4O4S2/c1-2-21(11-12-25-27(22,23)24)14-9-7-13(8-10-14)19-20-17-18-15-5-3-4-6-16(15)26-17/h3-10H,2,11-12H2,1H3,(H,22,23,24). The Hall–Kier alpha value is -2.40. The van der Waals surface area contributed by atoms with Gasteiger partial charge in [-0.15, -0.1) is 10.2 Å². The predicted molar refractivity (Wildman–Crippen MR) is 106 cm³/mol. The highest BCUT2D eigenvalue weighted by Gasteiger charge is 2.08. The summed E-state index contributed by atoms with van der Waals surface area (Å²) in [5, 5.41) is 8.99. The molecular weight excluding hydrogens is 388 g/mol. The number of nitrogens with zero attached hydrogens (tertiary/aromatic N) is 4. The van der Waals surface area contributed by atoms with Crippen molar-refractivity contribution in [3.8, 4) is 0 Å². The van der Waals surface area contributed by atoms with Crippen molar-refractivity contribution >= 4 is 48.5 Å². The second kappa shape index (κ2) is 8.53. The van der Waals surface area contributed by atoms with Crippen LogP contribution in [0.1, 0.15) is 6.92 Å².